The molecule has 1 atom stereocenters. The van der Waals surface area contributed by atoms with Crippen LogP contribution in [0.25, 0.3) is 0 Å². The van der Waals surface area contributed by atoms with E-state index in [9.17, 15) is 4.79 Å². The summed E-state index contributed by atoms with van der Waals surface area (Å²) in [5.41, 5.74) is 0.710. The first-order valence-electron chi connectivity index (χ1n) is 8.79. The van der Waals surface area contributed by atoms with E-state index in [1.54, 1.807) is 0 Å². The molecule has 128 valence electrons. The lowest BCUT2D eigenvalue weighted by Crippen LogP contribution is -2.35. The van der Waals surface area contributed by atoms with Crippen molar-refractivity contribution in [2.75, 3.05) is 32.8 Å². The Balaban J connectivity index is 1.96. The van der Waals surface area contributed by atoms with Crippen molar-refractivity contribution in [3.05, 3.63) is 23.8 Å². The van der Waals surface area contributed by atoms with Crippen molar-refractivity contribution in [3.63, 3.8) is 0 Å². The fourth-order valence-corrected chi connectivity index (χ4v) is 3.12. The smallest absolute Gasteiger partial charge is 0.164 e. The number of rotatable bonds is 8. The molecule has 1 unspecified atom stereocenters. The molecular formula is C19H29NO3. The van der Waals surface area contributed by atoms with Gasteiger partial charge in [-0.3, -0.25) is 4.79 Å². The van der Waals surface area contributed by atoms with Gasteiger partial charge in [-0.05, 0) is 57.4 Å². The Bertz CT molecular complexity index is 515. The minimum atomic E-state index is 0.173. The van der Waals surface area contributed by atoms with E-state index in [4.69, 9.17) is 9.47 Å². The van der Waals surface area contributed by atoms with E-state index in [2.05, 4.69) is 11.8 Å². The minimum absolute atomic E-state index is 0.173. The van der Waals surface area contributed by atoms with Crippen molar-refractivity contribution in [3.8, 4) is 11.5 Å². The van der Waals surface area contributed by atoms with E-state index in [0.717, 1.165) is 25.6 Å². The minimum Gasteiger partial charge on any atom is -0.490 e. The number of carbonyl (C=O) groups is 1. The number of piperidine rings is 1. The summed E-state index contributed by atoms with van der Waals surface area (Å²) < 4.78 is 11.1. The molecule has 4 nitrogen and oxygen atoms in total. The van der Waals surface area contributed by atoms with E-state index in [-0.39, 0.29) is 5.78 Å². The van der Waals surface area contributed by atoms with E-state index >= 15 is 0 Å². The van der Waals surface area contributed by atoms with Crippen LogP contribution in [-0.4, -0.2) is 43.5 Å². The molecule has 1 fully saturated rings. The first-order valence-corrected chi connectivity index (χ1v) is 8.79. The fraction of sp³-hybridized carbons (Fsp3) is 0.632. The van der Waals surface area contributed by atoms with Crippen molar-refractivity contribution < 1.29 is 14.3 Å². The molecule has 0 aliphatic carbocycles. The molecule has 1 aromatic rings. The maximum atomic E-state index is 12.5. The lowest BCUT2D eigenvalue weighted by Gasteiger charge is -2.30. The van der Waals surface area contributed by atoms with Crippen LogP contribution in [0.4, 0.5) is 0 Å². The first kappa shape index (κ1) is 17.8. The number of hydrogen-bond donors (Lipinski definition) is 0. The zero-order valence-electron chi connectivity index (χ0n) is 14.6. The summed E-state index contributed by atoms with van der Waals surface area (Å²) >= 11 is 0. The second-order valence-corrected chi connectivity index (χ2v) is 6.25. The summed E-state index contributed by atoms with van der Waals surface area (Å²) in [5.74, 6) is 2.28. The van der Waals surface area contributed by atoms with Crippen LogP contribution in [0.15, 0.2) is 18.2 Å². The predicted octanol–water partition coefficient (Wildman–Crippen LogP) is 3.79. The number of benzene rings is 1. The van der Waals surface area contributed by atoms with Crippen molar-refractivity contribution in [1.29, 1.82) is 0 Å². The predicted molar refractivity (Wildman–Crippen MR) is 92.6 cm³/mol. The SMILES string of the molecule is CCOc1ccc(C(=O)CCN2CCCC(C)C2)cc1OCC. The van der Waals surface area contributed by atoms with E-state index in [0.29, 0.717) is 36.7 Å². The molecule has 1 aromatic carbocycles. The molecule has 0 saturated carbocycles. The van der Waals surface area contributed by atoms with Crippen LogP contribution in [0.1, 0.15) is 50.4 Å². The molecule has 0 aromatic heterocycles. The van der Waals surface area contributed by atoms with E-state index < -0.39 is 0 Å². The summed E-state index contributed by atoms with van der Waals surface area (Å²) in [7, 11) is 0. The highest BCUT2D eigenvalue weighted by Crippen LogP contribution is 2.29. The van der Waals surface area contributed by atoms with E-state index in [1.807, 2.05) is 32.0 Å². The van der Waals surface area contributed by atoms with Crippen molar-refractivity contribution in [1.82, 2.24) is 4.90 Å². The molecule has 0 radical (unpaired) electrons. The number of Topliss-reactive ketones (excluding diaryl/α,β-unsaturated/α-hetero) is 1. The highest BCUT2D eigenvalue weighted by atomic mass is 16.5. The van der Waals surface area contributed by atoms with Gasteiger partial charge < -0.3 is 14.4 Å². The zero-order valence-corrected chi connectivity index (χ0v) is 14.6. The normalized spacial score (nSPS) is 18.7. The van der Waals surface area contributed by atoms with Gasteiger partial charge in [-0.2, -0.15) is 0 Å². The van der Waals surface area contributed by atoms with Gasteiger partial charge in [0.1, 0.15) is 0 Å². The van der Waals surface area contributed by atoms with Gasteiger partial charge in [0, 0.05) is 25.1 Å². The highest BCUT2D eigenvalue weighted by molar-refractivity contribution is 5.96. The van der Waals surface area contributed by atoms with Crippen molar-refractivity contribution >= 4 is 5.78 Å². The maximum absolute atomic E-state index is 12.5. The number of nitrogens with zero attached hydrogens (tertiary/aromatic N) is 1. The third-order valence-corrected chi connectivity index (χ3v) is 4.26. The van der Waals surface area contributed by atoms with Gasteiger partial charge in [0.15, 0.2) is 17.3 Å². The monoisotopic (exact) mass is 319 g/mol. The lowest BCUT2D eigenvalue weighted by atomic mass is 9.99. The molecular weight excluding hydrogens is 290 g/mol. The fourth-order valence-electron chi connectivity index (χ4n) is 3.12. The standard InChI is InChI=1S/C19H29NO3/c1-4-22-18-9-8-16(13-19(18)23-5-2)17(21)10-12-20-11-6-7-15(3)14-20/h8-9,13,15H,4-7,10-12,14H2,1-3H3. The third-order valence-electron chi connectivity index (χ3n) is 4.26. The summed E-state index contributed by atoms with van der Waals surface area (Å²) in [6.45, 7) is 10.4. The topological polar surface area (TPSA) is 38.8 Å². The Morgan fingerprint density at radius 3 is 2.65 bits per heavy atom. The lowest BCUT2D eigenvalue weighted by molar-refractivity contribution is 0.0948. The van der Waals surface area contributed by atoms with Crippen LogP contribution in [0, 0.1) is 5.92 Å². The molecule has 0 bridgehead atoms. The van der Waals surface area contributed by atoms with Gasteiger partial charge in [-0.15, -0.1) is 0 Å². The number of likely N-dealkylation sites (tertiary alicyclic amines) is 1. The Labute approximate surface area is 139 Å². The van der Waals surface area contributed by atoms with Crippen LogP contribution in [0.5, 0.6) is 11.5 Å². The van der Waals surface area contributed by atoms with Crippen LogP contribution in [-0.2, 0) is 0 Å². The number of ether oxygens (including phenoxy) is 2. The summed E-state index contributed by atoms with van der Waals surface area (Å²) in [6.07, 6.45) is 3.11. The molecule has 4 heteroatoms. The Hall–Kier alpha value is -1.55. The van der Waals surface area contributed by atoms with Crippen LogP contribution >= 0.6 is 0 Å². The molecule has 0 spiro atoms. The Morgan fingerprint density at radius 1 is 1.22 bits per heavy atom. The van der Waals surface area contributed by atoms with Gasteiger partial charge in [-0.25, -0.2) is 0 Å². The number of carbonyl (C=O) groups excluding carboxylic acids is 1. The molecule has 0 amide bonds. The van der Waals surface area contributed by atoms with Gasteiger partial charge in [0.25, 0.3) is 0 Å². The third kappa shape index (κ3) is 5.24. The molecule has 1 heterocycles. The molecule has 23 heavy (non-hydrogen) atoms. The number of hydrogen-bond acceptors (Lipinski definition) is 4. The quantitative estimate of drug-likeness (QED) is 0.683. The average Bonchev–Trinajstić information content (AvgIpc) is 2.55. The van der Waals surface area contributed by atoms with E-state index in [1.165, 1.54) is 12.8 Å². The Kier molecular flexibility index (Phi) is 6.90. The van der Waals surface area contributed by atoms with Crippen molar-refractivity contribution in [2.45, 2.75) is 40.0 Å². The van der Waals surface area contributed by atoms with Gasteiger partial charge >= 0.3 is 0 Å². The van der Waals surface area contributed by atoms with Gasteiger partial charge in [-0.1, -0.05) is 6.92 Å². The van der Waals surface area contributed by atoms with Crippen LogP contribution in [0.2, 0.25) is 0 Å². The largest absolute Gasteiger partial charge is 0.490 e. The molecule has 0 N–H and O–H groups in total. The van der Waals surface area contributed by atoms with Gasteiger partial charge in [0.05, 0.1) is 13.2 Å². The summed E-state index contributed by atoms with van der Waals surface area (Å²) in [5, 5.41) is 0. The molecule has 2 rings (SSSR count). The van der Waals surface area contributed by atoms with Gasteiger partial charge in [0.2, 0.25) is 0 Å². The molecule has 1 aliphatic heterocycles. The van der Waals surface area contributed by atoms with Crippen LogP contribution in [0.3, 0.4) is 0 Å². The Morgan fingerprint density at radius 2 is 1.96 bits per heavy atom. The second kappa shape index (κ2) is 8.92. The zero-order chi connectivity index (χ0) is 16.7. The molecule has 1 saturated heterocycles. The second-order valence-electron chi connectivity index (χ2n) is 6.25. The number of ketones is 1. The van der Waals surface area contributed by atoms with Crippen molar-refractivity contribution in [2.24, 2.45) is 5.92 Å². The highest BCUT2D eigenvalue weighted by Gasteiger charge is 2.18. The summed E-state index contributed by atoms with van der Waals surface area (Å²) in [4.78, 5) is 14.9. The average molecular weight is 319 g/mol. The maximum Gasteiger partial charge on any atom is 0.164 e. The first-order chi connectivity index (χ1) is 11.1. The van der Waals surface area contributed by atoms with Crippen LogP contribution < -0.4 is 9.47 Å². The molecule has 1 aliphatic rings. The summed E-state index contributed by atoms with van der Waals surface area (Å²) in [6, 6.07) is 5.50.